The minimum absolute atomic E-state index is 0.0330. The summed E-state index contributed by atoms with van der Waals surface area (Å²) in [6.45, 7) is 11.0. The molecule has 25 heavy (non-hydrogen) atoms. The third-order valence-electron chi connectivity index (χ3n) is 3.53. The molecular weight excluding hydrogens is 328 g/mol. The van der Waals surface area contributed by atoms with Gasteiger partial charge >= 0.3 is 5.97 Å². The second-order valence-electron chi connectivity index (χ2n) is 6.80. The number of rotatable bonds is 6. The van der Waals surface area contributed by atoms with Crippen LogP contribution in [0.25, 0.3) is 0 Å². The van der Waals surface area contributed by atoms with Crippen molar-refractivity contribution in [1.29, 1.82) is 0 Å². The number of carbonyl (C=O) groups is 1. The molecule has 2 heterocycles. The average Bonchev–Trinajstić information content (AvgIpc) is 3.02. The highest BCUT2D eigenvalue weighted by molar-refractivity contribution is 5.81. The molecule has 2 aliphatic heterocycles. The molecular formula is C18H32O7. The second kappa shape index (κ2) is 10.2. The Bertz CT molecular complexity index is 431. The van der Waals surface area contributed by atoms with Crippen molar-refractivity contribution >= 4 is 5.97 Å². The van der Waals surface area contributed by atoms with E-state index in [0.29, 0.717) is 32.7 Å². The number of hydrogen-bond donors (Lipinski definition) is 1. The number of aliphatic hydroxyl groups is 1. The molecule has 146 valence electrons. The summed E-state index contributed by atoms with van der Waals surface area (Å²) in [6, 6.07) is 0. The monoisotopic (exact) mass is 360 g/mol. The van der Waals surface area contributed by atoms with Gasteiger partial charge in [0.1, 0.15) is 0 Å². The van der Waals surface area contributed by atoms with Crippen molar-refractivity contribution in [2.24, 2.45) is 0 Å². The van der Waals surface area contributed by atoms with Gasteiger partial charge in [-0.2, -0.15) is 0 Å². The van der Waals surface area contributed by atoms with Gasteiger partial charge in [-0.1, -0.05) is 6.08 Å². The van der Waals surface area contributed by atoms with Crippen molar-refractivity contribution in [3.63, 3.8) is 0 Å². The van der Waals surface area contributed by atoms with Gasteiger partial charge in [0, 0.05) is 12.7 Å². The number of aliphatic hydroxyl groups excluding tert-OH is 1. The maximum absolute atomic E-state index is 11.0. The zero-order valence-corrected chi connectivity index (χ0v) is 15.9. The van der Waals surface area contributed by atoms with Crippen LogP contribution in [0.1, 0.15) is 47.5 Å². The Balaban J connectivity index is 0.000000271. The number of esters is 1. The summed E-state index contributed by atoms with van der Waals surface area (Å²) in [4.78, 5) is 11.0. The van der Waals surface area contributed by atoms with E-state index in [9.17, 15) is 4.79 Å². The van der Waals surface area contributed by atoms with Gasteiger partial charge in [-0.15, -0.1) is 0 Å². The lowest BCUT2D eigenvalue weighted by molar-refractivity contribution is -0.140. The van der Waals surface area contributed by atoms with Crippen LogP contribution in [0.2, 0.25) is 0 Å². The number of ether oxygens (including phenoxy) is 5. The van der Waals surface area contributed by atoms with Crippen LogP contribution < -0.4 is 0 Å². The Labute approximate surface area is 150 Å². The van der Waals surface area contributed by atoms with Gasteiger partial charge in [0.2, 0.25) is 0 Å². The third kappa shape index (κ3) is 9.32. The highest BCUT2D eigenvalue weighted by Crippen LogP contribution is 2.24. The van der Waals surface area contributed by atoms with Gasteiger partial charge in [0.15, 0.2) is 11.6 Å². The lowest BCUT2D eigenvalue weighted by Crippen LogP contribution is -2.21. The molecule has 2 aliphatic rings. The lowest BCUT2D eigenvalue weighted by Gasteiger charge is -2.16. The molecule has 0 spiro atoms. The molecule has 0 saturated carbocycles. The molecule has 7 heteroatoms. The van der Waals surface area contributed by atoms with Crippen molar-refractivity contribution in [3.8, 4) is 0 Å². The zero-order chi connectivity index (χ0) is 18.9. The van der Waals surface area contributed by atoms with Crippen LogP contribution in [0.4, 0.5) is 0 Å². The predicted molar refractivity (Wildman–Crippen MR) is 91.9 cm³/mol. The largest absolute Gasteiger partial charge is 0.463 e. The summed E-state index contributed by atoms with van der Waals surface area (Å²) in [6.07, 6.45) is 4.64. The fraction of sp³-hybridized carbons (Fsp3) is 0.833. The minimum Gasteiger partial charge on any atom is -0.463 e. The Kier molecular flexibility index (Phi) is 9.02. The second-order valence-corrected chi connectivity index (χ2v) is 6.80. The number of carbonyl (C=O) groups excluding carboxylic acids is 1. The third-order valence-corrected chi connectivity index (χ3v) is 3.53. The Morgan fingerprint density at radius 1 is 1.12 bits per heavy atom. The van der Waals surface area contributed by atoms with E-state index in [1.807, 2.05) is 27.7 Å². The molecule has 2 saturated heterocycles. The highest BCUT2D eigenvalue weighted by Gasteiger charge is 2.32. The van der Waals surface area contributed by atoms with Gasteiger partial charge in [0.25, 0.3) is 0 Å². The molecule has 0 unspecified atom stereocenters. The van der Waals surface area contributed by atoms with E-state index in [0.717, 1.165) is 0 Å². The van der Waals surface area contributed by atoms with Crippen LogP contribution in [0, 0.1) is 0 Å². The van der Waals surface area contributed by atoms with Crippen LogP contribution in [-0.2, 0) is 28.5 Å². The topological polar surface area (TPSA) is 83.5 Å². The molecule has 0 aliphatic carbocycles. The fourth-order valence-electron chi connectivity index (χ4n) is 2.43. The summed E-state index contributed by atoms with van der Waals surface area (Å²) in [7, 11) is 0. The van der Waals surface area contributed by atoms with E-state index >= 15 is 0 Å². The smallest absolute Gasteiger partial charge is 0.330 e. The summed E-state index contributed by atoms with van der Waals surface area (Å²) in [5, 5.41) is 8.56. The highest BCUT2D eigenvalue weighted by atomic mass is 16.7. The maximum Gasteiger partial charge on any atom is 0.330 e. The van der Waals surface area contributed by atoms with Crippen LogP contribution in [0.3, 0.4) is 0 Å². The van der Waals surface area contributed by atoms with Crippen LogP contribution in [0.15, 0.2) is 12.2 Å². The maximum atomic E-state index is 11.0. The van der Waals surface area contributed by atoms with Crippen LogP contribution in [0.5, 0.6) is 0 Å². The van der Waals surface area contributed by atoms with Crippen molar-refractivity contribution in [2.75, 3.05) is 26.4 Å². The van der Waals surface area contributed by atoms with Crippen molar-refractivity contribution < 1.29 is 33.6 Å². The molecule has 0 radical (unpaired) electrons. The predicted octanol–water partition coefficient (Wildman–Crippen LogP) is 2.17. The van der Waals surface area contributed by atoms with E-state index in [-0.39, 0.29) is 24.8 Å². The summed E-state index contributed by atoms with van der Waals surface area (Å²) < 4.78 is 26.4. The van der Waals surface area contributed by atoms with E-state index in [1.54, 1.807) is 13.0 Å². The molecule has 1 N–H and O–H groups in total. The van der Waals surface area contributed by atoms with Gasteiger partial charge in [-0.3, -0.25) is 0 Å². The normalized spacial score (nSPS) is 27.1. The zero-order valence-electron chi connectivity index (χ0n) is 15.9. The quantitative estimate of drug-likeness (QED) is 0.574. The van der Waals surface area contributed by atoms with Crippen LogP contribution in [-0.4, -0.2) is 61.3 Å². The summed E-state index contributed by atoms with van der Waals surface area (Å²) >= 11 is 0. The molecule has 0 amide bonds. The van der Waals surface area contributed by atoms with E-state index in [1.165, 1.54) is 6.08 Å². The van der Waals surface area contributed by atoms with Gasteiger partial charge in [0.05, 0.1) is 32.0 Å². The first kappa shape index (κ1) is 22.1. The SMILES string of the molecule is CC1(C)OC[C@H](CCO)O1.CCOC(=O)/C=C/C[C@H]1COC(C)(C)O1. The van der Waals surface area contributed by atoms with Crippen molar-refractivity contribution in [2.45, 2.75) is 71.2 Å². The molecule has 7 nitrogen and oxygen atoms in total. The molecule has 2 fully saturated rings. The Morgan fingerprint density at radius 3 is 2.12 bits per heavy atom. The van der Waals surface area contributed by atoms with E-state index in [2.05, 4.69) is 0 Å². The lowest BCUT2D eigenvalue weighted by atomic mass is 10.2. The van der Waals surface area contributed by atoms with Gasteiger partial charge in [-0.05, 0) is 47.5 Å². The molecule has 2 rings (SSSR count). The summed E-state index contributed by atoms with van der Waals surface area (Å²) in [5.74, 6) is -1.25. The average molecular weight is 360 g/mol. The van der Waals surface area contributed by atoms with Crippen molar-refractivity contribution in [3.05, 3.63) is 12.2 Å². The molecule has 2 atom stereocenters. The standard InChI is InChI=1S/C11H18O4.C7H14O3/c1-4-13-10(12)7-5-6-9-8-14-11(2,3)15-9;1-7(2)9-5-6(10-7)3-4-8/h5,7,9H,4,6,8H2,1-3H3;6,8H,3-5H2,1-2H3/b7-5+;/t9-;6-/m00/s1. The van der Waals surface area contributed by atoms with Crippen LogP contribution >= 0.6 is 0 Å². The fourth-order valence-corrected chi connectivity index (χ4v) is 2.43. The van der Waals surface area contributed by atoms with Crippen molar-refractivity contribution in [1.82, 2.24) is 0 Å². The molecule has 0 aromatic heterocycles. The Hall–Kier alpha value is -0.990. The first-order valence-electron chi connectivity index (χ1n) is 8.75. The first-order valence-corrected chi connectivity index (χ1v) is 8.75. The molecule has 0 aromatic rings. The van der Waals surface area contributed by atoms with E-state index in [4.69, 9.17) is 28.8 Å². The minimum atomic E-state index is -0.498. The Morgan fingerprint density at radius 2 is 1.68 bits per heavy atom. The van der Waals surface area contributed by atoms with Gasteiger partial charge in [-0.25, -0.2) is 4.79 Å². The van der Waals surface area contributed by atoms with E-state index < -0.39 is 11.6 Å². The summed E-state index contributed by atoms with van der Waals surface area (Å²) in [5.41, 5.74) is 0. The number of hydrogen-bond acceptors (Lipinski definition) is 7. The first-order chi connectivity index (χ1) is 11.7. The molecule has 0 bridgehead atoms. The van der Waals surface area contributed by atoms with Gasteiger partial charge < -0.3 is 28.8 Å². The molecule has 0 aromatic carbocycles.